The lowest BCUT2D eigenvalue weighted by Gasteiger charge is -2.39. The molecule has 0 bridgehead atoms. The molecule has 1 aromatic rings. The second kappa shape index (κ2) is 6.66. The molecule has 1 N–H and O–H groups in total. The zero-order valence-electron chi connectivity index (χ0n) is 11.6. The highest BCUT2D eigenvalue weighted by molar-refractivity contribution is 7.10. The van der Waals surface area contributed by atoms with Crippen LogP contribution >= 0.6 is 11.3 Å². The van der Waals surface area contributed by atoms with Gasteiger partial charge in [-0.2, -0.15) is 0 Å². The van der Waals surface area contributed by atoms with Crippen molar-refractivity contribution in [3.63, 3.8) is 0 Å². The van der Waals surface area contributed by atoms with E-state index in [1.54, 1.807) is 0 Å². The normalized spacial score (nSPS) is 25.5. The minimum Gasteiger partial charge on any atom is -0.374 e. The van der Waals surface area contributed by atoms with Gasteiger partial charge in [-0.1, -0.05) is 6.92 Å². The van der Waals surface area contributed by atoms with Gasteiger partial charge in [-0.05, 0) is 43.9 Å². The van der Waals surface area contributed by atoms with E-state index in [9.17, 15) is 0 Å². The predicted octanol–water partition coefficient (Wildman–Crippen LogP) is 2.43. The van der Waals surface area contributed by atoms with Crippen LogP contribution in [0.1, 0.15) is 29.8 Å². The SMILES string of the molecule is CCCNCC1OCCN(C)C1c1sccc1C. The van der Waals surface area contributed by atoms with E-state index in [1.807, 2.05) is 11.3 Å². The smallest absolute Gasteiger partial charge is 0.0904 e. The summed E-state index contributed by atoms with van der Waals surface area (Å²) in [6.07, 6.45) is 1.44. The fourth-order valence-electron chi connectivity index (χ4n) is 2.51. The summed E-state index contributed by atoms with van der Waals surface area (Å²) in [4.78, 5) is 3.89. The molecule has 0 aliphatic carbocycles. The van der Waals surface area contributed by atoms with Crippen molar-refractivity contribution >= 4 is 11.3 Å². The van der Waals surface area contributed by atoms with Crippen LogP contribution < -0.4 is 5.32 Å². The van der Waals surface area contributed by atoms with Gasteiger partial charge in [-0.25, -0.2) is 0 Å². The van der Waals surface area contributed by atoms with Crippen LogP contribution in [0.25, 0.3) is 0 Å². The summed E-state index contributed by atoms with van der Waals surface area (Å²) in [6, 6.07) is 2.61. The maximum atomic E-state index is 5.99. The number of aryl methyl sites for hydroxylation is 1. The van der Waals surface area contributed by atoms with Gasteiger partial charge in [0.1, 0.15) is 0 Å². The molecule has 1 aromatic heterocycles. The Morgan fingerprint density at radius 3 is 3.06 bits per heavy atom. The zero-order chi connectivity index (χ0) is 13.0. The largest absolute Gasteiger partial charge is 0.374 e. The molecule has 0 saturated carbocycles. The first-order valence-electron chi connectivity index (χ1n) is 6.80. The van der Waals surface area contributed by atoms with E-state index in [2.05, 4.69) is 42.6 Å². The van der Waals surface area contributed by atoms with Gasteiger partial charge < -0.3 is 10.1 Å². The summed E-state index contributed by atoms with van der Waals surface area (Å²) in [5.74, 6) is 0. The lowest BCUT2D eigenvalue weighted by atomic mass is 10.0. The van der Waals surface area contributed by atoms with E-state index in [1.165, 1.54) is 16.9 Å². The van der Waals surface area contributed by atoms with Crippen molar-refractivity contribution in [1.82, 2.24) is 10.2 Å². The molecule has 0 amide bonds. The Labute approximate surface area is 114 Å². The van der Waals surface area contributed by atoms with Crippen LogP contribution in [0.3, 0.4) is 0 Å². The third kappa shape index (κ3) is 3.12. The van der Waals surface area contributed by atoms with E-state index < -0.39 is 0 Å². The van der Waals surface area contributed by atoms with Crippen molar-refractivity contribution in [1.29, 1.82) is 0 Å². The summed E-state index contributed by atoms with van der Waals surface area (Å²) in [6.45, 7) is 8.27. The van der Waals surface area contributed by atoms with E-state index in [0.717, 1.165) is 26.2 Å². The number of nitrogens with one attached hydrogen (secondary N) is 1. The Bertz CT molecular complexity index is 366. The van der Waals surface area contributed by atoms with Crippen molar-refractivity contribution in [3.05, 3.63) is 21.9 Å². The maximum absolute atomic E-state index is 5.99. The second-order valence-electron chi connectivity index (χ2n) is 5.01. The van der Waals surface area contributed by atoms with Gasteiger partial charge in [0.2, 0.25) is 0 Å². The molecule has 2 unspecified atom stereocenters. The van der Waals surface area contributed by atoms with Crippen molar-refractivity contribution in [3.8, 4) is 0 Å². The van der Waals surface area contributed by atoms with E-state index in [0.29, 0.717) is 6.04 Å². The van der Waals surface area contributed by atoms with E-state index >= 15 is 0 Å². The molecule has 0 radical (unpaired) electrons. The molecule has 2 atom stereocenters. The molecule has 102 valence electrons. The first kappa shape index (κ1) is 14.0. The van der Waals surface area contributed by atoms with Crippen LogP contribution in [0.2, 0.25) is 0 Å². The van der Waals surface area contributed by atoms with Gasteiger partial charge >= 0.3 is 0 Å². The molecule has 3 nitrogen and oxygen atoms in total. The average molecular weight is 268 g/mol. The standard InChI is InChI=1S/C14H24N2OS/c1-4-6-15-10-12-13(16(3)7-8-17-12)14-11(2)5-9-18-14/h5,9,12-13,15H,4,6-8,10H2,1-3H3. The predicted molar refractivity (Wildman–Crippen MR) is 77.3 cm³/mol. The van der Waals surface area contributed by atoms with Crippen LogP contribution in [-0.2, 0) is 4.74 Å². The number of ether oxygens (including phenoxy) is 1. The molecule has 2 rings (SSSR count). The molecule has 2 heterocycles. The molecule has 1 saturated heterocycles. The van der Waals surface area contributed by atoms with Gasteiger partial charge in [0.05, 0.1) is 18.8 Å². The molecule has 4 heteroatoms. The first-order valence-corrected chi connectivity index (χ1v) is 7.68. The Balaban J connectivity index is 2.08. The minimum atomic E-state index is 0.271. The quantitative estimate of drug-likeness (QED) is 0.830. The molecule has 0 aromatic carbocycles. The zero-order valence-corrected chi connectivity index (χ0v) is 12.4. The van der Waals surface area contributed by atoms with Crippen molar-refractivity contribution < 1.29 is 4.74 Å². The topological polar surface area (TPSA) is 24.5 Å². The highest BCUT2D eigenvalue weighted by Crippen LogP contribution is 2.33. The third-order valence-corrected chi connectivity index (χ3v) is 4.64. The van der Waals surface area contributed by atoms with Gasteiger partial charge in [0.25, 0.3) is 0 Å². The molecule has 0 spiro atoms. The van der Waals surface area contributed by atoms with Gasteiger partial charge in [-0.15, -0.1) is 11.3 Å². The summed E-state index contributed by atoms with van der Waals surface area (Å²) in [5.41, 5.74) is 1.39. The number of hydrogen-bond acceptors (Lipinski definition) is 4. The van der Waals surface area contributed by atoms with Gasteiger partial charge in [0, 0.05) is 18.0 Å². The number of nitrogens with zero attached hydrogens (tertiary/aromatic N) is 1. The van der Waals surface area contributed by atoms with Crippen LogP contribution in [0.15, 0.2) is 11.4 Å². The van der Waals surface area contributed by atoms with Gasteiger partial charge in [-0.3, -0.25) is 4.90 Å². The van der Waals surface area contributed by atoms with Crippen LogP contribution in [0.5, 0.6) is 0 Å². The van der Waals surface area contributed by atoms with E-state index in [4.69, 9.17) is 4.74 Å². The molecular weight excluding hydrogens is 244 g/mol. The monoisotopic (exact) mass is 268 g/mol. The summed E-state index contributed by atoms with van der Waals surface area (Å²) < 4.78 is 5.99. The number of likely N-dealkylation sites (N-methyl/N-ethyl adjacent to an activating group) is 1. The Kier molecular flexibility index (Phi) is 5.18. The summed E-state index contributed by atoms with van der Waals surface area (Å²) in [5, 5.41) is 5.67. The highest BCUT2D eigenvalue weighted by atomic mass is 32.1. The van der Waals surface area contributed by atoms with Crippen molar-refractivity contribution in [2.24, 2.45) is 0 Å². The Morgan fingerprint density at radius 1 is 1.56 bits per heavy atom. The highest BCUT2D eigenvalue weighted by Gasteiger charge is 2.32. The Morgan fingerprint density at radius 2 is 2.39 bits per heavy atom. The molecule has 18 heavy (non-hydrogen) atoms. The lowest BCUT2D eigenvalue weighted by molar-refractivity contribution is -0.0602. The molecule has 1 aliphatic rings. The number of rotatable bonds is 5. The molecular formula is C14H24N2OS. The fourth-order valence-corrected chi connectivity index (χ4v) is 3.65. The average Bonchev–Trinajstić information content (AvgIpc) is 2.76. The number of morpholine rings is 1. The van der Waals surface area contributed by atoms with Crippen molar-refractivity contribution in [2.75, 3.05) is 33.3 Å². The molecule has 1 fully saturated rings. The molecule has 1 aliphatic heterocycles. The van der Waals surface area contributed by atoms with Crippen LogP contribution in [0.4, 0.5) is 0 Å². The lowest BCUT2D eigenvalue weighted by Crippen LogP contribution is -2.47. The fraction of sp³-hybridized carbons (Fsp3) is 0.714. The van der Waals surface area contributed by atoms with Crippen LogP contribution in [0, 0.1) is 6.92 Å². The number of hydrogen-bond donors (Lipinski definition) is 1. The van der Waals surface area contributed by atoms with E-state index in [-0.39, 0.29) is 6.10 Å². The van der Waals surface area contributed by atoms with Crippen LogP contribution in [-0.4, -0.2) is 44.3 Å². The van der Waals surface area contributed by atoms with Gasteiger partial charge in [0.15, 0.2) is 0 Å². The summed E-state index contributed by atoms with van der Waals surface area (Å²) in [7, 11) is 2.21. The maximum Gasteiger partial charge on any atom is 0.0904 e. The first-order chi connectivity index (χ1) is 8.74. The number of thiophene rings is 1. The van der Waals surface area contributed by atoms with Crippen molar-refractivity contribution in [2.45, 2.75) is 32.4 Å². The Hall–Kier alpha value is -0.420. The minimum absolute atomic E-state index is 0.271. The summed E-state index contributed by atoms with van der Waals surface area (Å²) >= 11 is 1.85. The second-order valence-corrected chi connectivity index (χ2v) is 5.95. The third-order valence-electron chi connectivity index (χ3n) is 3.55.